The number of aryl methyl sites for hydroxylation is 1. The highest BCUT2D eigenvalue weighted by atomic mass is 16.2. The predicted molar refractivity (Wildman–Crippen MR) is 94.1 cm³/mol. The lowest BCUT2D eigenvalue weighted by atomic mass is 9.88. The van der Waals surface area contributed by atoms with E-state index in [2.05, 4.69) is 41.8 Å². The molecule has 1 aromatic carbocycles. The number of urea groups is 1. The number of rotatable bonds is 4. The molecule has 25 heavy (non-hydrogen) atoms. The van der Waals surface area contributed by atoms with Crippen molar-refractivity contribution in [1.29, 1.82) is 0 Å². The molecule has 0 radical (unpaired) electrons. The number of carbonyl (C=O) groups excluding carboxylic acids is 3. The minimum atomic E-state index is -1.14. The molecule has 2 saturated heterocycles. The first-order chi connectivity index (χ1) is 11.9. The van der Waals surface area contributed by atoms with E-state index in [1.165, 1.54) is 11.1 Å². The van der Waals surface area contributed by atoms with Crippen LogP contribution in [0.5, 0.6) is 0 Å². The van der Waals surface area contributed by atoms with Gasteiger partial charge in [0.15, 0.2) is 0 Å². The maximum absolute atomic E-state index is 12.5. The van der Waals surface area contributed by atoms with Gasteiger partial charge in [0, 0.05) is 13.1 Å². The summed E-state index contributed by atoms with van der Waals surface area (Å²) in [6.45, 7) is 5.11. The summed E-state index contributed by atoms with van der Waals surface area (Å²) in [5.74, 6) is -0.0450. The first kappa shape index (κ1) is 17.5. The average molecular weight is 343 g/mol. The highest BCUT2D eigenvalue weighted by Crippen LogP contribution is 2.29. The average Bonchev–Trinajstić information content (AvgIpc) is 2.86. The van der Waals surface area contributed by atoms with Gasteiger partial charge in [0.1, 0.15) is 5.54 Å². The van der Waals surface area contributed by atoms with E-state index in [0.29, 0.717) is 19.0 Å². The summed E-state index contributed by atoms with van der Waals surface area (Å²) >= 11 is 0. The van der Waals surface area contributed by atoms with Crippen LogP contribution in [0.15, 0.2) is 24.3 Å². The van der Waals surface area contributed by atoms with E-state index < -0.39 is 17.5 Å². The maximum atomic E-state index is 12.5. The van der Waals surface area contributed by atoms with Crippen LogP contribution in [0.25, 0.3) is 0 Å². The molecule has 2 aliphatic rings. The van der Waals surface area contributed by atoms with E-state index in [4.69, 9.17) is 0 Å². The van der Waals surface area contributed by atoms with Crippen molar-refractivity contribution in [1.82, 2.24) is 15.5 Å². The van der Waals surface area contributed by atoms with Crippen molar-refractivity contribution in [2.24, 2.45) is 0 Å². The molecule has 1 aromatic rings. The lowest BCUT2D eigenvalue weighted by Gasteiger charge is -2.34. The molecule has 0 bridgehead atoms. The molecule has 0 spiro atoms. The second kappa shape index (κ2) is 6.86. The Morgan fingerprint density at radius 2 is 1.84 bits per heavy atom. The van der Waals surface area contributed by atoms with Crippen LogP contribution < -0.4 is 10.6 Å². The second-order valence-electron chi connectivity index (χ2n) is 7.17. The van der Waals surface area contributed by atoms with Crippen LogP contribution in [0.3, 0.4) is 0 Å². The van der Waals surface area contributed by atoms with Gasteiger partial charge in [-0.25, -0.2) is 4.79 Å². The van der Waals surface area contributed by atoms with Gasteiger partial charge < -0.3 is 10.2 Å². The second-order valence-corrected chi connectivity index (χ2v) is 7.17. The van der Waals surface area contributed by atoms with E-state index in [-0.39, 0.29) is 12.3 Å². The summed E-state index contributed by atoms with van der Waals surface area (Å²) in [6, 6.07) is 8.21. The molecule has 0 aromatic heterocycles. The topological polar surface area (TPSA) is 78.5 Å². The van der Waals surface area contributed by atoms with Gasteiger partial charge in [-0.05, 0) is 43.2 Å². The Labute approximate surface area is 148 Å². The van der Waals surface area contributed by atoms with Crippen LogP contribution in [-0.4, -0.2) is 41.4 Å². The molecule has 0 saturated carbocycles. The van der Waals surface area contributed by atoms with Gasteiger partial charge in [0.2, 0.25) is 5.91 Å². The molecule has 2 aliphatic heterocycles. The third-order valence-corrected chi connectivity index (χ3v) is 5.33. The predicted octanol–water partition coefficient (Wildman–Crippen LogP) is 1.94. The molecule has 2 heterocycles. The number of amides is 4. The largest absolute Gasteiger partial charge is 0.343 e. The van der Waals surface area contributed by atoms with Crippen molar-refractivity contribution >= 4 is 17.8 Å². The number of piperidine rings is 1. The minimum absolute atomic E-state index is 0.000434. The summed E-state index contributed by atoms with van der Waals surface area (Å²) in [5.41, 5.74) is 1.53. The number of hydrogen-bond donors (Lipinski definition) is 2. The smallest absolute Gasteiger partial charge is 0.322 e. The summed E-state index contributed by atoms with van der Waals surface area (Å²) in [7, 11) is 0. The van der Waals surface area contributed by atoms with Crippen molar-refractivity contribution < 1.29 is 14.4 Å². The summed E-state index contributed by atoms with van der Waals surface area (Å²) in [4.78, 5) is 37.5. The van der Waals surface area contributed by atoms with Gasteiger partial charge in [-0.2, -0.15) is 0 Å². The normalized spacial score (nSPS) is 24.2. The summed E-state index contributed by atoms with van der Waals surface area (Å²) in [6.07, 6.45) is 2.88. The van der Waals surface area contributed by atoms with Gasteiger partial charge in [0.05, 0.1) is 6.42 Å². The van der Waals surface area contributed by atoms with Crippen LogP contribution in [0.1, 0.15) is 50.2 Å². The Hall–Kier alpha value is -2.37. The van der Waals surface area contributed by atoms with Crippen LogP contribution in [0.4, 0.5) is 4.79 Å². The zero-order valence-electron chi connectivity index (χ0n) is 14.8. The van der Waals surface area contributed by atoms with E-state index in [1.54, 1.807) is 11.8 Å². The Kier molecular flexibility index (Phi) is 4.79. The van der Waals surface area contributed by atoms with Crippen LogP contribution >= 0.6 is 0 Å². The Morgan fingerprint density at radius 1 is 1.20 bits per heavy atom. The first-order valence-electron chi connectivity index (χ1n) is 8.91. The fourth-order valence-electron chi connectivity index (χ4n) is 3.61. The van der Waals surface area contributed by atoms with Crippen molar-refractivity contribution in [3.63, 3.8) is 0 Å². The maximum Gasteiger partial charge on any atom is 0.322 e. The van der Waals surface area contributed by atoms with Gasteiger partial charge in [-0.3, -0.25) is 14.9 Å². The fraction of sp³-hybridized carbons (Fsp3) is 0.526. The standard InChI is InChI=1S/C19H25N3O3/c1-3-13-4-6-14(7-5-13)15-8-10-22(11-9-15)16(23)12-19(2)17(24)20-18(25)21-19/h4-7,15H,3,8-12H2,1-2H3,(H2,20,21,24,25). The van der Waals surface area contributed by atoms with E-state index in [1.807, 2.05) is 0 Å². The SMILES string of the molecule is CCc1ccc(C2CCN(C(=O)CC3(C)NC(=O)NC3=O)CC2)cc1. The van der Waals surface area contributed by atoms with E-state index in [0.717, 1.165) is 19.3 Å². The molecular formula is C19H25N3O3. The summed E-state index contributed by atoms with van der Waals surface area (Å²) in [5, 5.41) is 4.74. The number of nitrogens with one attached hydrogen (secondary N) is 2. The molecule has 2 fully saturated rings. The lowest BCUT2D eigenvalue weighted by molar-refractivity contribution is -0.137. The van der Waals surface area contributed by atoms with E-state index in [9.17, 15) is 14.4 Å². The molecule has 6 heteroatoms. The fourth-order valence-corrected chi connectivity index (χ4v) is 3.61. The Bertz CT molecular complexity index is 678. The van der Waals surface area contributed by atoms with E-state index >= 15 is 0 Å². The van der Waals surface area contributed by atoms with Gasteiger partial charge in [-0.15, -0.1) is 0 Å². The van der Waals surface area contributed by atoms with Crippen LogP contribution in [-0.2, 0) is 16.0 Å². The third-order valence-electron chi connectivity index (χ3n) is 5.33. The first-order valence-corrected chi connectivity index (χ1v) is 8.91. The minimum Gasteiger partial charge on any atom is -0.343 e. The number of hydrogen-bond acceptors (Lipinski definition) is 3. The number of imide groups is 1. The zero-order valence-corrected chi connectivity index (χ0v) is 14.8. The molecular weight excluding hydrogens is 318 g/mol. The monoisotopic (exact) mass is 343 g/mol. The molecule has 4 amide bonds. The molecule has 1 atom stereocenters. The third kappa shape index (κ3) is 3.67. The lowest BCUT2D eigenvalue weighted by Crippen LogP contribution is -2.49. The Morgan fingerprint density at radius 3 is 2.36 bits per heavy atom. The molecule has 134 valence electrons. The van der Waals surface area contributed by atoms with Crippen molar-refractivity contribution in [3.05, 3.63) is 35.4 Å². The highest BCUT2D eigenvalue weighted by Gasteiger charge is 2.44. The van der Waals surface area contributed by atoms with Gasteiger partial charge in [-0.1, -0.05) is 31.2 Å². The van der Waals surface area contributed by atoms with Gasteiger partial charge >= 0.3 is 6.03 Å². The number of carbonyl (C=O) groups is 3. The molecule has 2 N–H and O–H groups in total. The number of nitrogens with zero attached hydrogens (tertiary/aromatic N) is 1. The Balaban J connectivity index is 1.55. The van der Waals surface area contributed by atoms with Gasteiger partial charge in [0.25, 0.3) is 5.91 Å². The molecule has 1 unspecified atom stereocenters. The molecule has 3 rings (SSSR count). The number of likely N-dealkylation sites (tertiary alicyclic amines) is 1. The zero-order chi connectivity index (χ0) is 18.0. The van der Waals surface area contributed by atoms with Crippen molar-refractivity contribution in [3.8, 4) is 0 Å². The number of benzene rings is 1. The highest BCUT2D eigenvalue weighted by molar-refractivity contribution is 6.08. The van der Waals surface area contributed by atoms with Crippen molar-refractivity contribution in [2.75, 3.05) is 13.1 Å². The molecule has 0 aliphatic carbocycles. The molecule has 6 nitrogen and oxygen atoms in total. The summed E-state index contributed by atoms with van der Waals surface area (Å²) < 4.78 is 0. The quantitative estimate of drug-likeness (QED) is 0.820. The van der Waals surface area contributed by atoms with Crippen molar-refractivity contribution in [2.45, 2.75) is 51.0 Å². The van der Waals surface area contributed by atoms with Crippen LogP contribution in [0.2, 0.25) is 0 Å². The van der Waals surface area contributed by atoms with Crippen LogP contribution in [0, 0.1) is 0 Å².